The fourth-order valence-corrected chi connectivity index (χ4v) is 5.99. The molecule has 0 spiro atoms. The van der Waals surface area contributed by atoms with Crippen molar-refractivity contribution >= 4 is 40.7 Å². The minimum absolute atomic E-state index is 0.0879. The van der Waals surface area contributed by atoms with Crippen LogP contribution in [0.15, 0.2) is 28.0 Å². The first-order valence-corrected chi connectivity index (χ1v) is 9.20. The van der Waals surface area contributed by atoms with Gasteiger partial charge in [-0.15, -0.1) is 11.8 Å². The molecule has 3 heterocycles. The highest BCUT2D eigenvalue weighted by Gasteiger charge is 2.57. The predicted molar refractivity (Wildman–Crippen MR) is 90.9 cm³/mol. The summed E-state index contributed by atoms with van der Waals surface area (Å²) in [4.78, 5) is 49.5. The Labute approximate surface area is 153 Å². The van der Waals surface area contributed by atoms with Crippen molar-refractivity contribution in [1.29, 1.82) is 0 Å². The topological polar surface area (TPSA) is 140 Å². The quantitative estimate of drug-likeness (QED) is 0.348. The van der Waals surface area contributed by atoms with Crippen molar-refractivity contribution in [2.75, 3.05) is 5.75 Å². The Kier molecular flexibility index (Phi) is 3.66. The molecular formula is C15H10N2O7S2. The summed E-state index contributed by atoms with van der Waals surface area (Å²) < 4.78 is 5.34. The number of thiazole rings is 1. The molecule has 2 aliphatic heterocycles. The van der Waals surface area contributed by atoms with Crippen LogP contribution in [0.5, 0.6) is 5.75 Å². The van der Waals surface area contributed by atoms with Crippen molar-refractivity contribution in [2.24, 2.45) is 5.41 Å². The van der Waals surface area contributed by atoms with Gasteiger partial charge >= 0.3 is 16.8 Å². The van der Waals surface area contributed by atoms with Crippen LogP contribution < -0.4 is 9.61 Å². The molecule has 2 aromatic rings. The lowest BCUT2D eigenvalue weighted by Gasteiger charge is -2.43. The van der Waals surface area contributed by atoms with Gasteiger partial charge in [0, 0.05) is 34.2 Å². The second kappa shape index (κ2) is 5.68. The third-order valence-electron chi connectivity index (χ3n) is 4.52. The first-order chi connectivity index (χ1) is 12.3. The molecule has 0 saturated carbocycles. The number of nitrogens with one attached hydrogen (secondary N) is 1. The van der Waals surface area contributed by atoms with Crippen LogP contribution in [0, 0.1) is 15.5 Å². The number of carboxylic acid groups (broad SMARTS) is 1. The lowest BCUT2D eigenvalue weighted by molar-refractivity contribution is -0.385. The molecule has 0 bridgehead atoms. The summed E-state index contributed by atoms with van der Waals surface area (Å²) in [6.45, 7) is 0. The van der Waals surface area contributed by atoms with Crippen molar-refractivity contribution in [3.8, 4) is 5.75 Å². The first-order valence-electron chi connectivity index (χ1n) is 7.40. The van der Waals surface area contributed by atoms with Crippen molar-refractivity contribution < 1.29 is 24.4 Å². The van der Waals surface area contributed by atoms with Crippen LogP contribution in [0.25, 0.3) is 0 Å². The largest absolute Gasteiger partial charge is 0.481 e. The van der Waals surface area contributed by atoms with Crippen LogP contribution in [-0.4, -0.2) is 32.7 Å². The number of nitro groups is 1. The summed E-state index contributed by atoms with van der Waals surface area (Å²) >= 11 is 2.06. The molecule has 0 fully saturated rings. The van der Waals surface area contributed by atoms with Crippen LogP contribution in [0.3, 0.4) is 0 Å². The molecular weight excluding hydrogens is 384 g/mol. The number of hydrogen-bond donors (Lipinski definition) is 2. The highest BCUT2D eigenvalue weighted by Crippen LogP contribution is 2.58. The third kappa shape index (κ3) is 2.35. The fourth-order valence-electron chi connectivity index (χ4n) is 3.44. The highest BCUT2D eigenvalue weighted by molar-refractivity contribution is 7.99. The van der Waals surface area contributed by atoms with E-state index in [-0.39, 0.29) is 22.1 Å². The molecule has 1 aromatic heterocycles. The van der Waals surface area contributed by atoms with Crippen molar-refractivity contribution in [3.63, 3.8) is 0 Å². The number of carbonyl (C=O) groups is 2. The Morgan fingerprint density at radius 1 is 1.46 bits per heavy atom. The summed E-state index contributed by atoms with van der Waals surface area (Å²) in [5.41, 5.74) is -1.29. The minimum atomic E-state index is -1.43. The average molecular weight is 394 g/mol. The molecule has 9 nitrogen and oxygen atoms in total. The van der Waals surface area contributed by atoms with Gasteiger partial charge in [0.25, 0.3) is 5.69 Å². The van der Waals surface area contributed by atoms with Crippen molar-refractivity contribution in [1.82, 2.24) is 4.98 Å². The van der Waals surface area contributed by atoms with E-state index < -0.39 is 34.6 Å². The summed E-state index contributed by atoms with van der Waals surface area (Å²) in [5, 5.41) is 21.1. The van der Waals surface area contributed by atoms with Crippen molar-refractivity contribution in [3.05, 3.63) is 48.4 Å². The van der Waals surface area contributed by atoms with E-state index in [1.165, 1.54) is 30.0 Å². The zero-order valence-corrected chi connectivity index (χ0v) is 14.5. The van der Waals surface area contributed by atoms with E-state index in [2.05, 4.69) is 4.98 Å². The molecule has 0 saturated heterocycles. The van der Waals surface area contributed by atoms with Gasteiger partial charge in [-0.3, -0.25) is 24.5 Å². The number of H-pyrrole nitrogens is 1. The summed E-state index contributed by atoms with van der Waals surface area (Å²) in [6.07, 6.45) is -0.503. The second-order valence-electron chi connectivity index (χ2n) is 6.02. The number of nitrogens with zero attached hydrogens (tertiary/aromatic N) is 1. The average Bonchev–Trinajstić information content (AvgIpc) is 2.94. The van der Waals surface area contributed by atoms with E-state index in [1.54, 1.807) is 0 Å². The van der Waals surface area contributed by atoms with Gasteiger partial charge in [-0.1, -0.05) is 11.3 Å². The van der Waals surface area contributed by atoms with E-state index in [0.717, 1.165) is 11.3 Å². The number of rotatable bonds is 3. The van der Waals surface area contributed by atoms with Gasteiger partial charge in [-0.05, 0) is 6.07 Å². The molecule has 4 rings (SSSR count). The number of carboxylic acids is 1. The van der Waals surface area contributed by atoms with Crippen molar-refractivity contribution in [2.45, 2.75) is 17.4 Å². The first kappa shape index (κ1) is 16.8. The molecule has 26 heavy (non-hydrogen) atoms. The van der Waals surface area contributed by atoms with Gasteiger partial charge in [0.15, 0.2) is 0 Å². The van der Waals surface area contributed by atoms with Crippen LogP contribution in [0.1, 0.15) is 22.8 Å². The molecule has 2 aliphatic rings. The maximum Gasteiger partial charge on any atom is 0.319 e. The molecule has 2 N–H and O–H groups in total. The number of nitro benzene ring substituents is 1. The molecule has 2 atom stereocenters. The third-order valence-corrected chi connectivity index (χ3v) is 6.87. The van der Waals surface area contributed by atoms with Crippen LogP contribution in [-0.2, 0) is 9.59 Å². The number of benzene rings is 1. The summed E-state index contributed by atoms with van der Waals surface area (Å²) in [5.74, 6) is -2.46. The molecule has 0 aliphatic carbocycles. The number of non-ortho nitro benzene ring substituents is 1. The standard InChI is InChI=1S/C15H10N2O7S2/c18-9(19)4-15-5-25-12-11(26-14(21)16-12)10(15)7-3-6(17(22)23)1-2-8(7)24-13(15)20/h1-3,10H,4-5H2,(H,16,21)(H,18,19)/t10-,15-/m0/s1. The molecule has 134 valence electrons. The smallest absolute Gasteiger partial charge is 0.319 e. The number of esters is 1. The van der Waals surface area contributed by atoms with Crippen LogP contribution in [0.4, 0.5) is 5.69 Å². The van der Waals surface area contributed by atoms with Gasteiger partial charge in [-0.25, -0.2) is 0 Å². The highest BCUT2D eigenvalue weighted by atomic mass is 32.2. The van der Waals surface area contributed by atoms with Gasteiger partial charge < -0.3 is 14.8 Å². The lowest BCUT2D eigenvalue weighted by atomic mass is 9.68. The SMILES string of the molecule is O=C(O)C[C@]12CSc3[nH]c(=O)sc3[C@@H]1c1cc([N+](=O)[O-])ccc1OC2=O. The van der Waals surface area contributed by atoms with E-state index in [1.807, 2.05) is 0 Å². The summed E-state index contributed by atoms with van der Waals surface area (Å²) in [6, 6.07) is 3.83. The van der Waals surface area contributed by atoms with Gasteiger partial charge in [0.1, 0.15) is 11.2 Å². The number of hydrogen-bond acceptors (Lipinski definition) is 8. The maximum atomic E-state index is 12.8. The Bertz CT molecular complexity index is 1030. The zero-order chi connectivity index (χ0) is 18.6. The second-order valence-corrected chi connectivity index (χ2v) is 8.03. The van der Waals surface area contributed by atoms with Gasteiger partial charge in [0.05, 0.1) is 16.4 Å². The zero-order valence-electron chi connectivity index (χ0n) is 12.9. The number of fused-ring (bicyclic) bond motifs is 5. The van der Waals surface area contributed by atoms with Crippen LogP contribution >= 0.6 is 23.1 Å². The monoisotopic (exact) mass is 394 g/mol. The Morgan fingerprint density at radius 2 is 2.23 bits per heavy atom. The molecule has 0 amide bonds. The Hall–Kier alpha value is -2.66. The molecule has 0 unspecified atom stereocenters. The molecule has 11 heteroatoms. The van der Waals surface area contributed by atoms with E-state index >= 15 is 0 Å². The van der Waals surface area contributed by atoms with Gasteiger partial charge in [-0.2, -0.15) is 0 Å². The minimum Gasteiger partial charge on any atom is -0.481 e. The number of ether oxygens (including phenoxy) is 1. The van der Waals surface area contributed by atoms with E-state index in [4.69, 9.17) is 4.74 Å². The normalized spacial score (nSPS) is 23.4. The lowest BCUT2D eigenvalue weighted by Crippen LogP contribution is -2.48. The number of thioether (sulfide) groups is 1. The number of carbonyl (C=O) groups excluding carboxylic acids is 1. The van der Waals surface area contributed by atoms with E-state index in [0.29, 0.717) is 15.5 Å². The Balaban J connectivity index is 2.01. The number of aromatic nitrogens is 1. The fraction of sp³-hybridized carbons (Fsp3) is 0.267. The number of aliphatic carboxylic acids is 1. The maximum absolute atomic E-state index is 12.8. The predicted octanol–water partition coefficient (Wildman–Crippen LogP) is 1.96. The number of aromatic amines is 1. The Morgan fingerprint density at radius 3 is 2.92 bits per heavy atom. The van der Waals surface area contributed by atoms with Gasteiger partial charge in [0.2, 0.25) is 0 Å². The van der Waals surface area contributed by atoms with Crippen LogP contribution in [0.2, 0.25) is 0 Å². The molecule has 0 radical (unpaired) electrons. The molecule has 1 aromatic carbocycles. The summed E-state index contributed by atoms with van der Waals surface area (Å²) in [7, 11) is 0. The van der Waals surface area contributed by atoms with E-state index in [9.17, 15) is 29.6 Å².